The van der Waals surface area contributed by atoms with Gasteiger partial charge in [-0.05, 0) is 36.9 Å². The molecule has 1 aliphatic heterocycles. The molecule has 1 aliphatic rings. The Morgan fingerprint density at radius 3 is 2.67 bits per heavy atom. The van der Waals surface area contributed by atoms with Gasteiger partial charge >= 0.3 is 0 Å². The van der Waals surface area contributed by atoms with Crippen molar-refractivity contribution in [1.82, 2.24) is 5.32 Å². The summed E-state index contributed by atoms with van der Waals surface area (Å²) in [5.41, 5.74) is 5.27. The maximum atomic E-state index is 13.6. The molecule has 2 rings (SSSR count). The molecule has 1 aromatic rings. The average Bonchev–Trinajstić information content (AvgIpc) is 2.36. The molecule has 0 saturated carbocycles. The molecule has 1 amide bonds. The van der Waals surface area contributed by atoms with Crippen LogP contribution >= 0.6 is 0 Å². The fourth-order valence-corrected chi connectivity index (χ4v) is 2.27. The van der Waals surface area contributed by atoms with Gasteiger partial charge in [-0.25, -0.2) is 13.2 Å². The number of nitrogens with one attached hydrogen (secondary N) is 1. The highest BCUT2D eigenvalue weighted by Crippen LogP contribution is 2.31. The number of carbonyl (C=O) groups excluding carboxylic acids is 1. The molecular formula is C12H13F3N2O. The minimum absolute atomic E-state index is 0.0988. The van der Waals surface area contributed by atoms with Crippen LogP contribution in [0.25, 0.3) is 0 Å². The largest absolute Gasteiger partial charge is 0.368 e. The topological polar surface area (TPSA) is 55.1 Å². The van der Waals surface area contributed by atoms with E-state index in [2.05, 4.69) is 5.32 Å². The number of carbonyl (C=O) groups is 1. The maximum Gasteiger partial charge on any atom is 0.234 e. The molecular weight excluding hydrogens is 245 g/mol. The van der Waals surface area contributed by atoms with E-state index in [9.17, 15) is 18.0 Å². The van der Waals surface area contributed by atoms with E-state index in [0.717, 1.165) is 6.07 Å². The highest BCUT2D eigenvalue weighted by Gasteiger charge is 2.29. The first kappa shape index (κ1) is 12.9. The number of primary amides is 1. The summed E-state index contributed by atoms with van der Waals surface area (Å²) in [6.07, 6.45) is 0.836. The Balaban J connectivity index is 2.26. The van der Waals surface area contributed by atoms with Gasteiger partial charge in [-0.1, -0.05) is 6.07 Å². The van der Waals surface area contributed by atoms with Crippen molar-refractivity contribution in [3.8, 4) is 0 Å². The van der Waals surface area contributed by atoms with Gasteiger partial charge in [0.15, 0.2) is 17.5 Å². The lowest BCUT2D eigenvalue weighted by molar-refractivity contribution is -0.120. The number of amides is 1. The lowest BCUT2D eigenvalue weighted by Gasteiger charge is -2.29. The predicted octanol–water partition coefficient (Wildman–Crippen LogP) is 1.42. The maximum absolute atomic E-state index is 13.6. The first-order valence-electron chi connectivity index (χ1n) is 5.66. The molecule has 3 nitrogen and oxygen atoms in total. The Morgan fingerprint density at radius 2 is 2.00 bits per heavy atom. The van der Waals surface area contributed by atoms with Crippen LogP contribution in [-0.2, 0) is 4.79 Å². The Labute approximate surface area is 102 Å². The molecule has 6 heteroatoms. The van der Waals surface area contributed by atoms with Crippen molar-refractivity contribution < 1.29 is 18.0 Å². The third kappa shape index (κ3) is 2.33. The zero-order valence-electron chi connectivity index (χ0n) is 9.55. The van der Waals surface area contributed by atoms with Crippen molar-refractivity contribution in [2.45, 2.75) is 24.8 Å². The summed E-state index contributed by atoms with van der Waals surface area (Å²) in [6, 6.07) is 1.56. The van der Waals surface area contributed by atoms with Gasteiger partial charge in [-0.3, -0.25) is 4.79 Å². The van der Waals surface area contributed by atoms with E-state index in [0.29, 0.717) is 13.0 Å². The summed E-state index contributed by atoms with van der Waals surface area (Å²) >= 11 is 0. The van der Waals surface area contributed by atoms with Gasteiger partial charge in [-0.2, -0.15) is 0 Å². The summed E-state index contributed by atoms with van der Waals surface area (Å²) in [5.74, 6) is -4.72. The SMILES string of the molecule is NC(=O)C1CC(c2ccc(F)c(F)c2F)CCN1. The third-order valence-corrected chi connectivity index (χ3v) is 3.25. The molecule has 2 atom stereocenters. The number of halogens is 3. The molecule has 1 fully saturated rings. The van der Waals surface area contributed by atoms with Crippen LogP contribution < -0.4 is 11.1 Å². The van der Waals surface area contributed by atoms with Crippen molar-refractivity contribution >= 4 is 5.91 Å². The van der Waals surface area contributed by atoms with Crippen molar-refractivity contribution in [2.75, 3.05) is 6.54 Å². The lowest BCUT2D eigenvalue weighted by Crippen LogP contribution is -2.46. The van der Waals surface area contributed by atoms with Gasteiger partial charge in [0.05, 0.1) is 6.04 Å². The van der Waals surface area contributed by atoms with Gasteiger partial charge in [-0.15, -0.1) is 0 Å². The molecule has 18 heavy (non-hydrogen) atoms. The second-order valence-electron chi connectivity index (χ2n) is 4.39. The van der Waals surface area contributed by atoms with Gasteiger partial charge in [0.25, 0.3) is 0 Å². The molecule has 0 bridgehead atoms. The van der Waals surface area contributed by atoms with E-state index >= 15 is 0 Å². The van der Waals surface area contributed by atoms with Crippen LogP contribution in [0.3, 0.4) is 0 Å². The Hall–Kier alpha value is -1.56. The first-order valence-corrected chi connectivity index (χ1v) is 5.66. The molecule has 0 spiro atoms. The monoisotopic (exact) mass is 258 g/mol. The van der Waals surface area contributed by atoms with Crippen LogP contribution in [0.2, 0.25) is 0 Å². The molecule has 1 heterocycles. The minimum Gasteiger partial charge on any atom is -0.368 e. The van der Waals surface area contributed by atoms with Crippen LogP contribution in [0.15, 0.2) is 12.1 Å². The Bertz CT molecular complexity index is 479. The van der Waals surface area contributed by atoms with Crippen LogP contribution in [0.4, 0.5) is 13.2 Å². The summed E-state index contributed by atoms with van der Waals surface area (Å²) in [4.78, 5) is 11.1. The number of benzene rings is 1. The number of hydrogen-bond acceptors (Lipinski definition) is 2. The zero-order chi connectivity index (χ0) is 13.3. The molecule has 1 aromatic carbocycles. The summed E-state index contributed by atoms with van der Waals surface area (Å²) in [7, 11) is 0. The van der Waals surface area contributed by atoms with Gasteiger partial charge in [0.2, 0.25) is 5.91 Å². The number of nitrogens with two attached hydrogens (primary N) is 1. The normalized spacial score (nSPS) is 23.9. The number of rotatable bonds is 2. The summed E-state index contributed by atoms with van der Waals surface area (Å²) in [5, 5.41) is 2.90. The second kappa shape index (κ2) is 4.97. The highest BCUT2D eigenvalue weighted by atomic mass is 19.2. The summed E-state index contributed by atoms with van der Waals surface area (Å²) < 4.78 is 39.6. The van der Waals surface area contributed by atoms with Crippen molar-refractivity contribution in [1.29, 1.82) is 0 Å². The van der Waals surface area contributed by atoms with Crippen LogP contribution in [-0.4, -0.2) is 18.5 Å². The Kier molecular flexibility index (Phi) is 3.56. The van der Waals surface area contributed by atoms with Crippen LogP contribution in [0, 0.1) is 17.5 Å². The Morgan fingerprint density at radius 1 is 1.28 bits per heavy atom. The third-order valence-electron chi connectivity index (χ3n) is 3.25. The quantitative estimate of drug-likeness (QED) is 0.788. The lowest BCUT2D eigenvalue weighted by atomic mass is 9.86. The predicted molar refractivity (Wildman–Crippen MR) is 59.3 cm³/mol. The number of piperidine rings is 1. The van der Waals surface area contributed by atoms with Crippen molar-refractivity contribution in [2.24, 2.45) is 5.73 Å². The fraction of sp³-hybridized carbons (Fsp3) is 0.417. The molecule has 0 radical (unpaired) electrons. The van der Waals surface area contributed by atoms with Crippen molar-refractivity contribution in [3.05, 3.63) is 35.1 Å². The smallest absolute Gasteiger partial charge is 0.234 e. The van der Waals surface area contributed by atoms with E-state index in [-0.39, 0.29) is 17.9 Å². The molecule has 3 N–H and O–H groups in total. The van der Waals surface area contributed by atoms with E-state index < -0.39 is 29.4 Å². The first-order chi connectivity index (χ1) is 8.50. The second-order valence-corrected chi connectivity index (χ2v) is 4.39. The zero-order valence-corrected chi connectivity index (χ0v) is 9.55. The molecule has 0 aromatic heterocycles. The van der Waals surface area contributed by atoms with Crippen LogP contribution in [0.5, 0.6) is 0 Å². The standard InChI is InChI=1S/C12H13F3N2O/c13-8-2-1-7(10(14)11(8)15)6-3-4-17-9(5-6)12(16)18/h1-2,6,9,17H,3-5H2,(H2,16,18). The van der Waals surface area contributed by atoms with E-state index in [1.54, 1.807) is 0 Å². The average molecular weight is 258 g/mol. The molecule has 98 valence electrons. The van der Waals surface area contributed by atoms with E-state index in [1.807, 2.05) is 0 Å². The van der Waals surface area contributed by atoms with Gasteiger partial charge < -0.3 is 11.1 Å². The molecule has 2 unspecified atom stereocenters. The number of hydrogen-bond donors (Lipinski definition) is 2. The molecule has 0 aliphatic carbocycles. The minimum atomic E-state index is -1.47. The summed E-state index contributed by atoms with van der Waals surface area (Å²) in [6.45, 7) is 0.483. The van der Waals surface area contributed by atoms with Crippen LogP contribution in [0.1, 0.15) is 24.3 Å². The van der Waals surface area contributed by atoms with Crippen molar-refractivity contribution in [3.63, 3.8) is 0 Å². The molecule has 1 saturated heterocycles. The van der Waals surface area contributed by atoms with Gasteiger partial charge in [0, 0.05) is 0 Å². The van der Waals surface area contributed by atoms with Gasteiger partial charge in [0.1, 0.15) is 0 Å². The van der Waals surface area contributed by atoms with E-state index in [4.69, 9.17) is 5.73 Å². The fourth-order valence-electron chi connectivity index (χ4n) is 2.27. The highest BCUT2D eigenvalue weighted by molar-refractivity contribution is 5.80. The van der Waals surface area contributed by atoms with E-state index in [1.165, 1.54) is 6.07 Å².